The molecule has 0 aliphatic rings. The minimum Gasteiger partial charge on any atom is -0.434 e. The van der Waals surface area contributed by atoms with Crippen LogP contribution in [0.5, 0.6) is 0 Å². The number of hydrogen-bond donors (Lipinski definition) is 1. The van der Waals surface area contributed by atoms with E-state index in [1.165, 1.54) is 0 Å². The second kappa shape index (κ2) is 5.83. The Labute approximate surface area is 72.5 Å². The molecular formula is C8H16O4. The average Bonchev–Trinajstić information content (AvgIpc) is 2.00. The number of rotatable bonds is 4. The molecule has 0 fully saturated rings. The summed E-state index contributed by atoms with van der Waals surface area (Å²) in [4.78, 5) is 10.8. The van der Waals surface area contributed by atoms with Gasteiger partial charge in [0, 0.05) is 0 Å². The molecule has 0 aromatic rings. The van der Waals surface area contributed by atoms with Crippen LogP contribution in [0.25, 0.3) is 0 Å². The summed E-state index contributed by atoms with van der Waals surface area (Å²) in [5.74, 6) is 0.294. The highest BCUT2D eigenvalue weighted by Crippen LogP contribution is 1.97. The van der Waals surface area contributed by atoms with Crippen LogP contribution in [0.3, 0.4) is 0 Å². The molecule has 1 N–H and O–H groups in total. The van der Waals surface area contributed by atoms with Crippen molar-refractivity contribution >= 4 is 6.16 Å². The molecule has 0 saturated carbocycles. The zero-order valence-corrected chi connectivity index (χ0v) is 7.74. The van der Waals surface area contributed by atoms with Gasteiger partial charge in [-0.15, -0.1) is 0 Å². The number of aliphatic hydroxyl groups is 1. The van der Waals surface area contributed by atoms with E-state index in [9.17, 15) is 4.79 Å². The Kier molecular flexibility index (Phi) is 5.45. The van der Waals surface area contributed by atoms with Gasteiger partial charge in [0.1, 0.15) is 6.10 Å². The molecule has 0 aliphatic heterocycles. The minimum absolute atomic E-state index is 0.184. The predicted molar refractivity (Wildman–Crippen MR) is 43.8 cm³/mol. The topological polar surface area (TPSA) is 55.8 Å². The number of aliphatic hydroxyl groups excluding tert-OH is 1. The van der Waals surface area contributed by atoms with Gasteiger partial charge in [-0.25, -0.2) is 4.79 Å². The third-order valence-corrected chi connectivity index (χ3v) is 1.09. The summed E-state index contributed by atoms with van der Waals surface area (Å²) >= 11 is 0. The summed E-state index contributed by atoms with van der Waals surface area (Å²) in [6, 6.07) is 0. The van der Waals surface area contributed by atoms with Crippen LogP contribution >= 0.6 is 0 Å². The zero-order chi connectivity index (χ0) is 9.56. The van der Waals surface area contributed by atoms with Gasteiger partial charge in [-0.3, -0.25) is 0 Å². The number of hydrogen-bond acceptors (Lipinski definition) is 4. The van der Waals surface area contributed by atoms with E-state index in [0.717, 1.165) is 0 Å². The second-order valence-corrected chi connectivity index (χ2v) is 3.07. The van der Waals surface area contributed by atoms with E-state index >= 15 is 0 Å². The van der Waals surface area contributed by atoms with Crippen molar-refractivity contribution in [3.05, 3.63) is 0 Å². The molecule has 0 aromatic heterocycles. The fourth-order valence-corrected chi connectivity index (χ4v) is 0.470. The summed E-state index contributed by atoms with van der Waals surface area (Å²) in [6.45, 7) is 5.62. The van der Waals surface area contributed by atoms with Crippen LogP contribution in [0.4, 0.5) is 4.79 Å². The molecule has 72 valence electrons. The Hall–Kier alpha value is -0.770. The maximum Gasteiger partial charge on any atom is 0.508 e. The molecule has 0 amide bonds. The highest BCUT2D eigenvalue weighted by molar-refractivity contribution is 5.60. The first kappa shape index (κ1) is 11.2. The van der Waals surface area contributed by atoms with Crippen molar-refractivity contribution in [2.45, 2.75) is 26.9 Å². The molecule has 12 heavy (non-hydrogen) atoms. The van der Waals surface area contributed by atoms with Gasteiger partial charge in [0.15, 0.2) is 0 Å². The van der Waals surface area contributed by atoms with Crippen molar-refractivity contribution in [2.24, 2.45) is 5.92 Å². The lowest BCUT2D eigenvalue weighted by atomic mass is 10.2. The van der Waals surface area contributed by atoms with E-state index < -0.39 is 12.3 Å². The van der Waals surface area contributed by atoms with Gasteiger partial charge >= 0.3 is 6.16 Å². The SMILES string of the molecule is CC(C)COC(=O)OC(C)CO. The summed E-state index contributed by atoms with van der Waals surface area (Å²) in [7, 11) is 0. The second-order valence-electron chi connectivity index (χ2n) is 3.07. The summed E-state index contributed by atoms with van der Waals surface area (Å²) < 4.78 is 9.34. The van der Waals surface area contributed by atoms with E-state index in [-0.39, 0.29) is 6.61 Å². The van der Waals surface area contributed by atoms with E-state index in [1.807, 2.05) is 13.8 Å². The lowest BCUT2D eigenvalue weighted by Gasteiger charge is -2.11. The lowest BCUT2D eigenvalue weighted by molar-refractivity contribution is 0.00530. The van der Waals surface area contributed by atoms with E-state index in [4.69, 9.17) is 9.84 Å². The zero-order valence-electron chi connectivity index (χ0n) is 7.74. The highest BCUT2D eigenvalue weighted by Gasteiger charge is 2.09. The Bertz CT molecular complexity index is 133. The van der Waals surface area contributed by atoms with Crippen LogP contribution < -0.4 is 0 Å². The fourth-order valence-electron chi connectivity index (χ4n) is 0.470. The van der Waals surface area contributed by atoms with Gasteiger partial charge in [-0.1, -0.05) is 13.8 Å². The van der Waals surface area contributed by atoms with Gasteiger partial charge in [-0.05, 0) is 12.8 Å². The third kappa shape index (κ3) is 5.97. The molecule has 1 unspecified atom stereocenters. The van der Waals surface area contributed by atoms with Crippen LogP contribution in [-0.2, 0) is 9.47 Å². The standard InChI is InChI=1S/C8H16O4/c1-6(2)5-11-8(10)12-7(3)4-9/h6-7,9H,4-5H2,1-3H3. The molecule has 0 aromatic carbocycles. The van der Waals surface area contributed by atoms with Crippen LogP contribution in [0.2, 0.25) is 0 Å². The van der Waals surface area contributed by atoms with Crippen molar-refractivity contribution in [1.29, 1.82) is 0 Å². The average molecular weight is 176 g/mol. The van der Waals surface area contributed by atoms with Crippen molar-refractivity contribution in [2.75, 3.05) is 13.2 Å². The smallest absolute Gasteiger partial charge is 0.434 e. The molecule has 0 saturated heterocycles. The normalized spacial score (nSPS) is 12.8. The third-order valence-electron chi connectivity index (χ3n) is 1.09. The maximum atomic E-state index is 10.8. The van der Waals surface area contributed by atoms with E-state index in [0.29, 0.717) is 12.5 Å². The molecule has 0 spiro atoms. The molecule has 0 bridgehead atoms. The molecule has 0 rings (SSSR count). The van der Waals surface area contributed by atoms with Crippen molar-refractivity contribution in [3.8, 4) is 0 Å². The molecule has 0 aliphatic carbocycles. The molecule has 1 atom stereocenters. The Balaban J connectivity index is 3.46. The van der Waals surface area contributed by atoms with E-state index in [1.54, 1.807) is 6.92 Å². The minimum atomic E-state index is -0.717. The van der Waals surface area contributed by atoms with Crippen molar-refractivity contribution in [1.82, 2.24) is 0 Å². The first-order valence-corrected chi connectivity index (χ1v) is 4.00. The maximum absolute atomic E-state index is 10.8. The Morgan fingerprint density at radius 2 is 2.00 bits per heavy atom. The van der Waals surface area contributed by atoms with Gasteiger partial charge in [0.25, 0.3) is 0 Å². The van der Waals surface area contributed by atoms with Gasteiger partial charge in [0.2, 0.25) is 0 Å². The predicted octanol–water partition coefficient (Wildman–Crippen LogP) is 1.18. The molecular weight excluding hydrogens is 160 g/mol. The quantitative estimate of drug-likeness (QED) is 0.653. The van der Waals surface area contributed by atoms with E-state index in [2.05, 4.69) is 4.74 Å². The van der Waals surface area contributed by atoms with Crippen LogP contribution in [0, 0.1) is 5.92 Å². The van der Waals surface area contributed by atoms with Crippen LogP contribution in [0.1, 0.15) is 20.8 Å². The van der Waals surface area contributed by atoms with Crippen LogP contribution in [0.15, 0.2) is 0 Å². The fraction of sp³-hybridized carbons (Fsp3) is 0.875. The van der Waals surface area contributed by atoms with Crippen LogP contribution in [-0.4, -0.2) is 30.6 Å². The van der Waals surface area contributed by atoms with Gasteiger partial charge in [0.05, 0.1) is 13.2 Å². The van der Waals surface area contributed by atoms with Crippen molar-refractivity contribution < 1.29 is 19.4 Å². The summed E-state index contributed by atoms with van der Waals surface area (Å²) in [5.41, 5.74) is 0. The first-order valence-electron chi connectivity index (χ1n) is 4.00. The van der Waals surface area contributed by atoms with Gasteiger partial charge < -0.3 is 14.6 Å². The monoisotopic (exact) mass is 176 g/mol. The molecule has 4 nitrogen and oxygen atoms in total. The molecule has 4 heteroatoms. The first-order chi connectivity index (χ1) is 5.56. The largest absolute Gasteiger partial charge is 0.508 e. The summed E-state index contributed by atoms with van der Waals surface area (Å²) in [5, 5.41) is 8.53. The van der Waals surface area contributed by atoms with Gasteiger partial charge in [-0.2, -0.15) is 0 Å². The summed E-state index contributed by atoms with van der Waals surface area (Å²) in [6.07, 6.45) is -1.21. The Morgan fingerprint density at radius 1 is 1.42 bits per heavy atom. The lowest BCUT2D eigenvalue weighted by Crippen LogP contribution is -2.20. The molecule has 0 radical (unpaired) electrons. The Morgan fingerprint density at radius 3 is 2.42 bits per heavy atom. The highest BCUT2D eigenvalue weighted by atomic mass is 16.7. The molecule has 0 heterocycles. The number of carbonyl (C=O) groups excluding carboxylic acids is 1. The number of ether oxygens (including phenoxy) is 2. The number of carbonyl (C=O) groups is 1. The van der Waals surface area contributed by atoms with Crippen molar-refractivity contribution in [3.63, 3.8) is 0 Å².